The first-order chi connectivity index (χ1) is 35.2. The van der Waals surface area contributed by atoms with Gasteiger partial charge in [0.1, 0.15) is 0 Å². The summed E-state index contributed by atoms with van der Waals surface area (Å²) in [6.45, 7) is 0. The number of nitrogens with zero attached hydrogens (tertiary/aromatic N) is 2. The van der Waals surface area contributed by atoms with Crippen molar-refractivity contribution in [1.29, 1.82) is 0 Å². The van der Waals surface area contributed by atoms with Crippen LogP contribution in [0, 0.1) is 0 Å². The fourth-order valence-corrected chi connectivity index (χ4v) is 9.73. The summed E-state index contributed by atoms with van der Waals surface area (Å²) < 4.78 is 63.5. The minimum atomic E-state index is -0.278. The molecule has 66 heavy (non-hydrogen) atoms. The van der Waals surface area contributed by atoms with Crippen LogP contribution in [0.3, 0.4) is 0 Å². The van der Waals surface area contributed by atoms with Crippen molar-refractivity contribution < 1.29 is 8.22 Å². The van der Waals surface area contributed by atoms with E-state index in [0.717, 1.165) is 77.7 Å². The lowest BCUT2D eigenvalue weighted by Crippen LogP contribution is -1.96. The van der Waals surface area contributed by atoms with Crippen LogP contribution in [0.5, 0.6) is 0 Å². The third-order valence-corrected chi connectivity index (χ3v) is 12.9. The molecule has 13 aromatic rings. The van der Waals surface area contributed by atoms with E-state index in [9.17, 15) is 8.22 Å². The molecule has 13 rings (SSSR count). The lowest BCUT2D eigenvalue weighted by Gasteiger charge is -2.14. The van der Waals surface area contributed by atoms with Crippen molar-refractivity contribution in [3.8, 4) is 67.0 Å². The standard InChI is InChI=1S/C64H42N2/c1-3-13-43(14-4-1)46-25-27-47(28-26-46)48-31-35-54(36-32-48)65-61-24-10-9-21-57(61)59-41-51(33-37-62(59)65)52-34-38-63-60(42-52)58-23-12-22-56(53-30-29-45-17-7-8-18-49(45)39-53)64(58)66(63)55-20-11-19-50(40-55)44-15-5-2-6-16-44/h1-42H/i33D,34D,37D,38D,41D,42D. The van der Waals surface area contributed by atoms with Gasteiger partial charge in [0.15, 0.2) is 0 Å². The van der Waals surface area contributed by atoms with Crippen molar-refractivity contribution in [2.75, 3.05) is 0 Å². The molecule has 0 unspecified atom stereocenters. The van der Waals surface area contributed by atoms with Crippen LogP contribution in [-0.4, -0.2) is 9.13 Å². The first-order valence-electron chi connectivity index (χ1n) is 25.3. The van der Waals surface area contributed by atoms with Gasteiger partial charge in [0.05, 0.1) is 30.3 Å². The predicted molar refractivity (Wildman–Crippen MR) is 280 cm³/mol. The van der Waals surface area contributed by atoms with Crippen molar-refractivity contribution in [3.05, 3.63) is 255 Å². The third kappa shape index (κ3) is 6.34. The second-order valence-corrected chi connectivity index (χ2v) is 16.8. The molecular weight excluding hydrogens is 797 g/mol. The Labute approximate surface area is 392 Å². The molecule has 0 bridgehead atoms. The molecule has 0 saturated carbocycles. The molecule has 0 saturated heterocycles. The van der Waals surface area contributed by atoms with Gasteiger partial charge in [-0.2, -0.15) is 0 Å². The van der Waals surface area contributed by atoms with Crippen LogP contribution in [0.25, 0.3) is 121 Å². The Hall–Kier alpha value is -8.72. The van der Waals surface area contributed by atoms with E-state index in [2.05, 4.69) is 109 Å². The van der Waals surface area contributed by atoms with Crippen LogP contribution >= 0.6 is 0 Å². The van der Waals surface area contributed by atoms with Crippen LogP contribution in [0.1, 0.15) is 8.22 Å². The molecule has 2 nitrogen and oxygen atoms in total. The maximum absolute atomic E-state index is 10.2. The molecule has 0 N–H and O–H groups in total. The SMILES string of the molecule is [2H]c1c(-c2c([2H])c([2H])c3c(c2[2H])c2cccc(-c4ccc5ccccc5c4)c2n3-c2cccc(-c3ccccc3)c2)c([2H])c2c3ccccc3n(-c3ccc(-c4ccc(-c5ccccc5)cc4)cc3)c2c1[2H]. The highest BCUT2D eigenvalue weighted by Gasteiger charge is 2.19. The van der Waals surface area contributed by atoms with Gasteiger partial charge >= 0.3 is 0 Å². The summed E-state index contributed by atoms with van der Waals surface area (Å²) in [5.74, 6) is 0. The predicted octanol–water partition coefficient (Wildman–Crippen LogP) is 17.4. The van der Waals surface area contributed by atoms with Crippen LogP contribution in [0.2, 0.25) is 0 Å². The van der Waals surface area contributed by atoms with E-state index in [1.54, 1.807) is 0 Å². The van der Waals surface area contributed by atoms with Gasteiger partial charge in [0, 0.05) is 38.5 Å². The Bertz CT molecular complexity index is 4310. The first-order valence-corrected chi connectivity index (χ1v) is 22.3. The minimum absolute atomic E-state index is 0.00670. The summed E-state index contributed by atoms with van der Waals surface area (Å²) in [5, 5.41) is 4.50. The first kappa shape index (κ1) is 32.0. The lowest BCUT2D eigenvalue weighted by molar-refractivity contribution is 1.18. The van der Waals surface area contributed by atoms with Gasteiger partial charge in [-0.05, 0) is 121 Å². The van der Waals surface area contributed by atoms with E-state index < -0.39 is 0 Å². The number of benzene rings is 11. The van der Waals surface area contributed by atoms with Gasteiger partial charge in [0.2, 0.25) is 0 Å². The number of hydrogen-bond donors (Lipinski definition) is 0. The molecule has 2 heteroatoms. The van der Waals surface area contributed by atoms with E-state index in [0.29, 0.717) is 32.6 Å². The van der Waals surface area contributed by atoms with E-state index in [1.807, 2.05) is 118 Å². The molecule has 0 atom stereocenters. The number of para-hydroxylation sites is 2. The van der Waals surface area contributed by atoms with Gasteiger partial charge in [0.25, 0.3) is 0 Å². The summed E-state index contributed by atoms with van der Waals surface area (Å²) >= 11 is 0. The van der Waals surface area contributed by atoms with Crippen LogP contribution in [-0.2, 0) is 0 Å². The van der Waals surface area contributed by atoms with Gasteiger partial charge in [-0.3, -0.25) is 0 Å². The van der Waals surface area contributed by atoms with E-state index in [4.69, 9.17) is 0 Å². The molecule has 2 heterocycles. The average Bonchev–Trinajstić information content (AvgIpc) is 3.98. The highest BCUT2D eigenvalue weighted by Crippen LogP contribution is 2.42. The van der Waals surface area contributed by atoms with Gasteiger partial charge in [-0.25, -0.2) is 0 Å². The molecule has 0 radical (unpaired) electrons. The maximum Gasteiger partial charge on any atom is 0.0645 e. The Balaban J connectivity index is 1.02. The highest BCUT2D eigenvalue weighted by molar-refractivity contribution is 6.16. The van der Waals surface area contributed by atoms with E-state index in [-0.39, 0.29) is 47.4 Å². The summed E-state index contributed by atoms with van der Waals surface area (Å²) in [5.41, 5.74) is 12.1. The smallest absolute Gasteiger partial charge is 0.0645 e. The topological polar surface area (TPSA) is 9.86 Å². The largest absolute Gasteiger partial charge is 0.309 e. The van der Waals surface area contributed by atoms with Gasteiger partial charge in [-0.1, -0.05) is 194 Å². The molecule has 0 aliphatic rings. The average molecular weight is 845 g/mol. The zero-order chi connectivity index (χ0) is 48.8. The van der Waals surface area contributed by atoms with Crippen molar-refractivity contribution >= 4 is 54.4 Å². The molecular formula is C64H42N2. The zero-order valence-electron chi connectivity index (χ0n) is 41.7. The molecule has 0 amide bonds. The van der Waals surface area contributed by atoms with E-state index in [1.165, 1.54) is 0 Å². The van der Waals surface area contributed by atoms with Crippen LogP contribution in [0.15, 0.2) is 255 Å². The molecule has 0 aliphatic heterocycles. The van der Waals surface area contributed by atoms with Crippen molar-refractivity contribution in [1.82, 2.24) is 9.13 Å². The second-order valence-electron chi connectivity index (χ2n) is 16.8. The summed E-state index contributed by atoms with van der Waals surface area (Å²) in [7, 11) is 0. The molecule has 2 aromatic heterocycles. The van der Waals surface area contributed by atoms with Crippen molar-refractivity contribution in [2.24, 2.45) is 0 Å². The molecule has 0 spiro atoms. The van der Waals surface area contributed by atoms with Gasteiger partial charge in [-0.15, -0.1) is 0 Å². The van der Waals surface area contributed by atoms with Gasteiger partial charge < -0.3 is 9.13 Å². The van der Waals surface area contributed by atoms with E-state index >= 15 is 0 Å². The number of rotatable bonds is 7. The Morgan fingerprint density at radius 3 is 1.50 bits per heavy atom. The zero-order valence-corrected chi connectivity index (χ0v) is 35.7. The lowest BCUT2D eigenvalue weighted by atomic mass is 9.98. The number of fused-ring (bicyclic) bond motifs is 7. The summed E-state index contributed by atoms with van der Waals surface area (Å²) in [6.07, 6.45) is 0. The summed E-state index contributed by atoms with van der Waals surface area (Å²) in [6, 6.07) is 72.5. The van der Waals surface area contributed by atoms with Crippen molar-refractivity contribution in [3.63, 3.8) is 0 Å². The number of hydrogen-bond acceptors (Lipinski definition) is 0. The minimum Gasteiger partial charge on any atom is -0.309 e. The monoisotopic (exact) mass is 844 g/mol. The van der Waals surface area contributed by atoms with Crippen LogP contribution in [0.4, 0.5) is 0 Å². The Kier molecular flexibility index (Phi) is 7.53. The molecule has 0 aliphatic carbocycles. The Morgan fingerprint density at radius 1 is 0.273 bits per heavy atom. The second kappa shape index (κ2) is 15.5. The molecule has 308 valence electrons. The maximum atomic E-state index is 10.2. The normalized spacial score (nSPS) is 12.9. The van der Waals surface area contributed by atoms with Crippen molar-refractivity contribution in [2.45, 2.75) is 0 Å². The van der Waals surface area contributed by atoms with Crippen LogP contribution < -0.4 is 0 Å². The quantitative estimate of drug-likeness (QED) is 0.151. The molecule has 0 fully saturated rings. The number of aromatic nitrogens is 2. The molecule has 11 aromatic carbocycles. The fourth-order valence-electron chi connectivity index (χ4n) is 9.73. The fraction of sp³-hybridized carbons (Fsp3) is 0. The highest BCUT2D eigenvalue weighted by atomic mass is 15.0. The summed E-state index contributed by atoms with van der Waals surface area (Å²) in [4.78, 5) is 0. The third-order valence-electron chi connectivity index (χ3n) is 12.9. The Morgan fingerprint density at radius 2 is 0.788 bits per heavy atom.